The number of nitrogens with one attached hydrogen (secondary N) is 1. The van der Waals surface area contributed by atoms with Crippen LogP contribution in [0.25, 0.3) is 22.6 Å². The van der Waals surface area contributed by atoms with Crippen molar-refractivity contribution in [3.63, 3.8) is 0 Å². The number of rotatable bonds is 7. The molecule has 0 fully saturated rings. The number of benzene rings is 2. The van der Waals surface area contributed by atoms with Gasteiger partial charge in [0.25, 0.3) is 0 Å². The Labute approximate surface area is 179 Å². The molecule has 7 heteroatoms. The number of allylic oxidation sites excluding steroid dienone is 1. The number of amides is 1. The average molecular weight is 419 g/mol. The van der Waals surface area contributed by atoms with Crippen LogP contribution in [-0.2, 0) is 11.3 Å². The molecular formula is C23H22N4O2S. The number of hydrogen-bond acceptors (Lipinski definition) is 5. The predicted molar refractivity (Wildman–Crippen MR) is 121 cm³/mol. The summed E-state index contributed by atoms with van der Waals surface area (Å²) >= 11 is 1.33. The molecule has 2 aromatic heterocycles. The molecule has 0 atom stereocenters. The van der Waals surface area contributed by atoms with Crippen molar-refractivity contribution in [2.75, 3.05) is 11.1 Å². The third-order valence-electron chi connectivity index (χ3n) is 4.51. The number of para-hydroxylation sites is 1. The van der Waals surface area contributed by atoms with Gasteiger partial charge in [0.2, 0.25) is 11.7 Å². The van der Waals surface area contributed by atoms with Gasteiger partial charge in [0, 0.05) is 17.6 Å². The maximum atomic E-state index is 12.4. The standard InChI is InChI=1S/C23H22N4O2S/c1-4-9-27-22(20-13-17-7-5-6-8-19(17)29-20)25-26-23(27)30-14-21(28)24-18-11-15(2)10-16(3)12-18/h4-8,10-13H,1,9,14H2,2-3H3,(H,24,28). The molecule has 4 aromatic rings. The highest BCUT2D eigenvalue weighted by atomic mass is 32.2. The van der Waals surface area contributed by atoms with E-state index in [0.717, 1.165) is 27.8 Å². The van der Waals surface area contributed by atoms with Gasteiger partial charge in [-0.15, -0.1) is 16.8 Å². The van der Waals surface area contributed by atoms with Crippen molar-refractivity contribution in [2.24, 2.45) is 0 Å². The summed E-state index contributed by atoms with van der Waals surface area (Å²) in [6.07, 6.45) is 1.77. The molecule has 30 heavy (non-hydrogen) atoms. The van der Waals surface area contributed by atoms with Gasteiger partial charge in [-0.2, -0.15) is 0 Å². The number of hydrogen-bond donors (Lipinski definition) is 1. The quantitative estimate of drug-likeness (QED) is 0.329. The van der Waals surface area contributed by atoms with Gasteiger partial charge in [0.05, 0.1) is 5.75 Å². The van der Waals surface area contributed by atoms with Crippen molar-refractivity contribution < 1.29 is 9.21 Å². The first-order chi connectivity index (χ1) is 14.5. The number of carbonyl (C=O) groups excluding carboxylic acids is 1. The number of nitrogens with zero attached hydrogens (tertiary/aromatic N) is 3. The van der Waals surface area contributed by atoms with Gasteiger partial charge in [0.1, 0.15) is 5.58 Å². The zero-order valence-corrected chi connectivity index (χ0v) is 17.7. The van der Waals surface area contributed by atoms with Gasteiger partial charge in [0.15, 0.2) is 10.9 Å². The van der Waals surface area contributed by atoms with Crippen LogP contribution in [-0.4, -0.2) is 26.4 Å². The molecular weight excluding hydrogens is 396 g/mol. The van der Waals surface area contributed by atoms with E-state index in [1.807, 2.05) is 60.9 Å². The summed E-state index contributed by atoms with van der Waals surface area (Å²) in [6.45, 7) is 8.36. The van der Waals surface area contributed by atoms with E-state index in [9.17, 15) is 4.79 Å². The maximum Gasteiger partial charge on any atom is 0.234 e. The maximum absolute atomic E-state index is 12.4. The lowest BCUT2D eigenvalue weighted by Crippen LogP contribution is -2.15. The van der Waals surface area contributed by atoms with E-state index < -0.39 is 0 Å². The molecule has 0 saturated heterocycles. The first kappa shape index (κ1) is 20.0. The Hall–Kier alpha value is -3.32. The molecule has 152 valence electrons. The molecule has 0 spiro atoms. The van der Waals surface area contributed by atoms with E-state index in [1.54, 1.807) is 6.08 Å². The Kier molecular flexibility index (Phi) is 5.72. The Bertz CT molecular complexity index is 1170. The molecule has 0 aliphatic carbocycles. The summed E-state index contributed by atoms with van der Waals surface area (Å²) < 4.78 is 7.84. The van der Waals surface area contributed by atoms with Crippen molar-refractivity contribution in [1.82, 2.24) is 14.8 Å². The van der Waals surface area contributed by atoms with Gasteiger partial charge in [-0.05, 0) is 49.2 Å². The highest BCUT2D eigenvalue weighted by Crippen LogP contribution is 2.29. The summed E-state index contributed by atoms with van der Waals surface area (Å²) in [5.74, 6) is 1.38. The van der Waals surface area contributed by atoms with Crippen LogP contribution in [0, 0.1) is 13.8 Å². The second-order valence-corrected chi connectivity index (χ2v) is 8.01. The van der Waals surface area contributed by atoms with Gasteiger partial charge < -0.3 is 9.73 Å². The third-order valence-corrected chi connectivity index (χ3v) is 5.48. The van der Waals surface area contributed by atoms with Crippen LogP contribution in [0.3, 0.4) is 0 Å². The fraction of sp³-hybridized carbons (Fsp3) is 0.174. The lowest BCUT2D eigenvalue weighted by Gasteiger charge is -2.08. The zero-order chi connectivity index (χ0) is 21.1. The third kappa shape index (κ3) is 4.31. The topological polar surface area (TPSA) is 73.0 Å². The lowest BCUT2D eigenvalue weighted by molar-refractivity contribution is -0.113. The average Bonchev–Trinajstić information content (AvgIpc) is 3.29. The largest absolute Gasteiger partial charge is 0.453 e. The molecule has 0 aliphatic rings. The lowest BCUT2D eigenvalue weighted by atomic mass is 10.1. The Morgan fingerprint density at radius 1 is 1.17 bits per heavy atom. The highest BCUT2D eigenvalue weighted by Gasteiger charge is 2.18. The second-order valence-electron chi connectivity index (χ2n) is 7.07. The fourth-order valence-corrected chi connectivity index (χ4v) is 4.09. The first-order valence-electron chi connectivity index (χ1n) is 9.57. The number of anilines is 1. The fourth-order valence-electron chi connectivity index (χ4n) is 3.34. The molecule has 1 N–H and O–H groups in total. The van der Waals surface area contributed by atoms with Crippen molar-refractivity contribution in [3.8, 4) is 11.6 Å². The van der Waals surface area contributed by atoms with Gasteiger partial charge in [-0.25, -0.2) is 0 Å². The molecule has 1 amide bonds. The normalized spacial score (nSPS) is 11.0. The Morgan fingerprint density at radius 3 is 2.67 bits per heavy atom. The van der Waals surface area contributed by atoms with Crippen molar-refractivity contribution in [1.29, 1.82) is 0 Å². The highest BCUT2D eigenvalue weighted by molar-refractivity contribution is 7.99. The van der Waals surface area contributed by atoms with E-state index in [2.05, 4.69) is 28.2 Å². The summed E-state index contributed by atoms with van der Waals surface area (Å²) in [4.78, 5) is 12.4. The Balaban J connectivity index is 1.51. The summed E-state index contributed by atoms with van der Waals surface area (Å²) in [6, 6.07) is 15.7. The second kappa shape index (κ2) is 8.59. The summed E-state index contributed by atoms with van der Waals surface area (Å²) in [5.41, 5.74) is 3.81. The summed E-state index contributed by atoms with van der Waals surface area (Å²) in [7, 11) is 0. The zero-order valence-electron chi connectivity index (χ0n) is 16.9. The Morgan fingerprint density at radius 2 is 1.93 bits per heavy atom. The van der Waals surface area contributed by atoms with E-state index in [1.165, 1.54) is 11.8 Å². The molecule has 0 bridgehead atoms. The predicted octanol–water partition coefficient (Wildman–Crippen LogP) is 5.22. The molecule has 0 aliphatic heterocycles. The van der Waals surface area contributed by atoms with Crippen molar-refractivity contribution in [2.45, 2.75) is 25.5 Å². The number of aryl methyl sites for hydroxylation is 2. The van der Waals surface area contributed by atoms with Crippen LogP contribution >= 0.6 is 11.8 Å². The molecule has 0 unspecified atom stereocenters. The first-order valence-corrected chi connectivity index (χ1v) is 10.6. The molecule has 6 nitrogen and oxygen atoms in total. The number of fused-ring (bicyclic) bond motifs is 1. The van der Waals surface area contributed by atoms with Crippen LogP contribution in [0.15, 0.2) is 70.8 Å². The van der Waals surface area contributed by atoms with E-state index in [4.69, 9.17) is 4.42 Å². The van der Waals surface area contributed by atoms with E-state index in [-0.39, 0.29) is 11.7 Å². The van der Waals surface area contributed by atoms with Crippen LogP contribution in [0.1, 0.15) is 11.1 Å². The smallest absolute Gasteiger partial charge is 0.234 e. The van der Waals surface area contributed by atoms with Crippen LogP contribution in [0.2, 0.25) is 0 Å². The summed E-state index contributed by atoms with van der Waals surface area (Å²) in [5, 5.41) is 13.2. The number of thioether (sulfide) groups is 1. The number of furan rings is 1. The van der Waals surface area contributed by atoms with E-state index >= 15 is 0 Å². The van der Waals surface area contributed by atoms with Crippen LogP contribution in [0.4, 0.5) is 5.69 Å². The molecule has 2 aromatic carbocycles. The van der Waals surface area contributed by atoms with Gasteiger partial charge >= 0.3 is 0 Å². The molecule has 0 radical (unpaired) electrons. The van der Waals surface area contributed by atoms with Gasteiger partial charge in [-0.1, -0.05) is 42.1 Å². The van der Waals surface area contributed by atoms with E-state index in [0.29, 0.717) is 23.3 Å². The minimum atomic E-state index is -0.0940. The monoisotopic (exact) mass is 418 g/mol. The van der Waals surface area contributed by atoms with Crippen molar-refractivity contribution in [3.05, 3.63) is 72.3 Å². The molecule has 2 heterocycles. The SMILES string of the molecule is C=CCn1c(SCC(=O)Nc2cc(C)cc(C)c2)nnc1-c1cc2ccccc2o1. The van der Waals surface area contributed by atoms with Crippen molar-refractivity contribution >= 4 is 34.3 Å². The number of aromatic nitrogens is 3. The minimum Gasteiger partial charge on any atom is -0.453 e. The number of carbonyl (C=O) groups is 1. The molecule has 0 saturated carbocycles. The van der Waals surface area contributed by atoms with Crippen LogP contribution in [0.5, 0.6) is 0 Å². The van der Waals surface area contributed by atoms with Crippen LogP contribution < -0.4 is 5.32 Å². The minimum absolute atomic E-state index is 0.0940. The van der Waals surface area contributed by atoms with Gasteiger partial charge in [-0.3, -0.25) is 9.36 Å². The molecule has 4 rings (SSSR count).